The fraction of sp³-hybridized carbons (Fsp3) is 0. The maximum atomic E-state index is 14.2. The largest absolute Gasteiger partial charge is 0.207 e. The predicted octanol–water partition coefficient (Wildman–Crippen LogP) is 12.2. The van der Waals surface area contributed by atoms with Gasteiger partial charge >= 0.3 is 0 Å². The van der Waals surface area contributed by atoms with Crippen molar-refractivity contribution in [1.29, 1.82) is 0 Å². The fourth-order valence-electron chi connectivity index (χ4n) is 7.15. The quantitative estimate of drug-likeness (QED) is 0.147. The van der Waals surface area contributed by atoms with Crippen LogP contribution in [0.1, 0.15) is 0 Å². The maximum absolute atomic E-state index is 14.2. The van der Waals surface area contributed by atoms with Gasteiger partial charge in [-0.1, -0.05) is 121 Å². The molecule has 0 saturated heterocycles. The molecule has 0 heterocycles. The summed E-state index contributed by atoms with van der Waals surface area (Å²) in [6, 6.07) is 49.0. The Morgan fingerprint density at radius 1 is 0.318 bits per heavy atom. The van der Waals surface area contributed by atoms with E-state index in [1.165, 1.54) is 50.2 Å². The molecule has 0 aromatic heterocycles. The van der Waals surface area contributed by atoms with E-state index in [-0.39, 0.29) is 0 Å². The molecule has 9 aromatic rings. The summed E-state index contributed by atoms with van der Waals surface area (Å²) in [5.74, 6) is -1.15. The first kappa shape index (κ1) is 24.9. The summed E-state index contributed by atoms with van der Waals surface area (Å²) >= 11 is 0. The molecule has 2 heteroatoms. The fourth-order valence-corrected chi connectivity index (χ4v) is 7.15. The van der Waals surface area contributed by atoms with Crippen molar-refractivity contribution in [3.8, 4) is 33.4 Å². The number of rotatable bonds is 3. The van der Waals surface area contributed by atoms with E-state index in [1.54, 1.807) is 0 Å². The molecule has 0 bridgehead atoms. The lowest BCUT2D eigenvalue weighted by Crippen LogP contribution is -1.91. The molecule has 0 atom stereocenters. The Bertz CT molecular complexity index is 2490. The van der Waals surface area contributed by atoms with Gasteiger partial charge < -0.3 is 0 Å². The van der Waals surface area contributed by atoms with Gasteiger partial charge in [-0.05, 0) is 105 Å². The van der Waals surface area contributed by atoms with Gasteiger partial charge in [-0.2, -0.15) is 0 Å². The zero-order valence-corrected chi connectivity index (χ0v) is 23.6. The van der Waals surface area contributed by atoms with Crippen LogP contribution in [0, 0.1) is 11.6 Å². The van der Waals surface area contributed by atoms with Crippen molar-refractivity contribution in [2.75, 3.05) is 0 Å². The highest BCUT2D eigenvalue weighted by Gasteiger charge is 2.16. The second-order valence-corrected chi connectivity index (χ2v) is 11.6. The van der Waals surface area contributed by atoms with Gasteiger partial charge in [-0.15, -0.1) is 0 Å². The van der Waals surface area contributed by atoms with Crippen LogP contribution in [0.15, 0.2) is 146 Å². The summed E-state index contributed by atoms with van der Waals surface area (Å²) in [5.41, 5.74) is 6.10. The molecule has 0 aliphatic rings. The Labute approximate surface area is 252 Å². The van der Waals surface area contributed by atoms with Crippen LogP contribution in [0.3, 0.4) is 0 Å². The van der Waals surface area contributed by atoms with Crippen molar-refractivity contribution in [1.82, 2.24) is 0 Å². The second-order valence-electron chi connectivity index (χ2n) is 11.6. The Hall–Kier alpha value is -5.60. The summed E-state index contributed by atoms with van der Waals surface area (Å²) in [6.07, 6.45) is 0. The lowest BCUT2D eigenvalue weighted by Gasteiger charge is -2.17. The average molecular weight is 567 g/mol. The van der Waals surface area contributed by atoms with Gasteiger partial charge in [-0.3, -0.25) is 0 Å². The topological polar surface area (TPSA) is 0 Å². The van der Waals surface area contributed by atoms with Crippen LogP contribution in [-0.2, 0) is 0 Å². The zero-order valence-electron chi connectivity index (χ0n) is 23.6. The zero-order chi connectivity index (χ0) is 29.4. The smallest absolute Gasteiger partial charge is 0.126 e. The average Bonchev–Trinajstić information content (AvgIpc) is 3.05. The van der Waals surface area contributed by atoms with Crippen LogP contribution >= 0.6 is 0 Å². The second kappa shape index (κ2) is 9.45. The van der Waals surface area contributed by atoms with E-state index in [1.807, 2.05) is 6.07 Å². The first-order chi connectivity index (χ1) is 21.6. The normalized spacial score (nSPS) is 11.9. The van der Waals surface area contributed by atoms with Gasteiger partial charge in [0.2, 0.25) is 0 Å². The molecule has 0 amide bonds. The Kier molecular flexibility index (Phi) is 5.36. The van der Waals surface area contributed by atoms with Crippen molar-refractivity contribution in [2.45, 2.75) is 0 Å². The number of benzene rings is 9. The SMILES string of the molecule is Fc1cc(F)cc(-c2ccc3ccc4c(-c5ccc(-c6c7ccccc7cc7ccccc67)cc5)ccc5ccc2c3c54)c1. The standard InChI is InChI=1S/C42H24F2/c43-32-22-31(23-33(44)24-32)35-18-14-28-15-19-38-34(17-13-27-16-20-39(35)42(28)41(27)38)25-9-11-26(12-10-25)40-36-7-3-1-5-29(36)21-30-6-2-4-8-37(30)40/h1-24H. The molecule has 9 rings (SSSR count). The van der Waals surface area contributed by atoms with Crippen molar-refractivity contribution in [2.24, 2.45) is 0 Å². The summed E-state index contributed by atoms with van der Waals surface area (Å²) in [5, 5.41) is 11.6. The van der Waals surface area contributed by atoms with Crippen molar-refractivity contribution in [3.63, 3.8) is 0 Å². The number of hydrogen-bond donors (Lipinski definition) is 0. The van der Waals surface area contributed by atoms with Gasteiger partial charge in [0.25, 0.3) is 0 Å². The molecule has 0 aliphatic heterocycles. The highest BCUT2D eigenvalue weighted by Crippen LogP contribution is 2.43. The molecule has 0 radical (unpaired) electrons. The Balaban J connectivity index is 1.23. The third-order valence-electron chi connectivity index (χ3n) is 9.09. The van der Waals surface area contributed by atoms with E-state index >= 15 is 0 Å². The third kappa shape index (κ3) is 3.74. The van der Waals surface area contributed by atoms with Gasteiger partial charge in [-0.25, -0.2) is 8.78 Å². The van der Waals surface area contributed by atoms with Gasteiger partial charge in [0.1, 0.15) is 11.6 Å². The van der Waals surface area contributed by atoms with Crippen LogP contribution in [0.25, 0.3) is 87.2 Å². The first-order valence-corrected chi connectivity index (χ1v) is 14.8. The highest BCUT2D eigenvalue weighted by atomic mass is 19.1. The minimum Gasteiger partial charge on any atom is -0.207 e. The molecule has 0 unspecified atom stereocenters. The summed E-state index contributed by atoms with van der Waals surface area (Å²) < 4.78 is 28.4. The van der Waals surface area contributed by atoms with Crippen LogP contribution in [-0.4, -0.2) is 0 Å². The van der Waals surface area contributed by atoms with Crippen LogP contribution in [0.5, 0.6) is 0 Å². The van der Waals surface area contributed by atoms with Gasteiger partial charge in [0.15, 0.2) is 0 Å². The summed E-state index contributed by atoms with van der Waals surface area (Å²) in [4.78, 5) is 0. The lowest BCUT2D eigenvalue weighted by atomic mass is 9.86. The Morgan fingerprint density at radius 3 is 1.36 bits per heavy atom. The highest BCUT2D eigenvalue weighted by molar-refractivity contribution is 6.27. The number of fused-ring (bicyclic) bond motifs is 2. The van der Waals surface area contributed by atoms with Crippen molar-refractivity contribution < 1.29 is 8.78 Å². The predicted molar refractivity (Wildman–Crippen MR) is 181 cm³/mol. The van der Waals surface area contributed by atoms with E-state index in [2.05, 4.69) is 121 Å². The maximum Gasteiger partial charge on any atom is 0.126 e. The summed E-state index contributed by atoms with van der Waals surface area (Å²) in [7, 11) is 0. The third-order valence-corrected chi connectivity index (χ3v) is 9.09. The molecule has 206 valence electrons. The van der Waals surface area contributed by atoms with Gasteiger partial charge in [0.05, 0.1) is 0 Å². The Morgan fingerprint density at radius 2 is 0.795 bits per heavy atom. The minimum atomic E-state index is -0.576. The first-order valence-electron chi connectivity index (χ1n) is 14.8. The number of hydrogen-bond acceptors (Lipinski definition) is 0. The molecule has 9 aromatic carbocycles. The van der Waals surface area contributed by atoms with Crippen molar-refractivity contribution in [3.05, 3.63) is 157 Å². The van der Waals surface area contributed by atoms with Crippen LogP contribution in [0.2, 0.25) is 0 Å². The molecule has 0 fully saturated rings. The molecular formula is C42H24F2. The molecule has 0 spiro atoms. The molecule has 0 nitrogen and oxygen atoms in total. The molecule has 0 saturated carbocycles. The van der Waals surface area contributed by atoms with E-state index in [0.29, 0.717) is 5.56 Å². The molecule has 0 N–H and O–H groups in total. The number of halogens is 2. The molecular weight excluding hydrogens is 542 g/mol. The monoisotopic (exact) mass is 566 g/mol. The lowest BCUT2D eigenvalue weighted by molar-refractivity contribution is 0.584. The van der Waals surface area contributed by atoms with E-state index in [0.717, 1.165) is 49.7 Å². The van der Waals surface area contributed by atoms with E-state index in [9.17, 15) is 8.78 Å². The molecule has 0 aliphatic carbocycles. The van der Waals surface area contributed by atoms with Crippen LogP contribution in [0.4, 0.5) is 8.78 Å². The summed E-state index contributed by atoms with van der Waals surface area (Å²) in [6.45, 7) is 0. The van der Waals surface area contributed by atoms with Crippen molar-refractivity contribution >= 4 is 53.9 Å². The van der Waals surface area contributed by atoms with E-state index in [4.69, 9.17) is 0 Å². The van der Waals surface area contributed by atoms with E-state index < -0.39 is 11.6 Å². The molecule has 44 heavy (non-hydrogen) atoms. The van der Waals surface area contributed by atoms with Crippen LogP contribution < -0.4 is 0 Å². The van der Waals surface area contributed by atoms with Gasteiger partial charge in [0, 0.05) is 6.07 Å². The minimum absolute atomic E-state index is 0.539.